The Balaban J connectivity index is 4.04. The van der Waals surface area contributed by atoms with Gasteiger partial charge in [-0.25, -0.2) is 0 Å². The average Bonchev–Trinajstić information content (AvgIpc) is 1.83. The molecule has 0 fully saturated rings. The van der Waals surface area contributed by atoms with E-state index in [0.717, 1.165) is 5.57 Å². The molecule has 0 saturated carbocycles. The zero-order valence-corrected chi connectivity index (χ0v) is 8.48. The molecule has 0 aromatic rings. The molecule has 0 saturated heterocycles. The van der Waals surface area contributed by atoms with Gasteiger partial charge in [0.1, 0.15) is 0 Å². The predicted molar refractivity (Wildman–Crippen MR) is 52.8 cm³/mol. The molecular weight excluding hydrogens is 150 g/mol. The first-order valence-corrected chi connectivity index (χ1v) is 4.28. The van der Waals surface area contributed by atoms with Crippen LogP contribution in [0.1, 0.15) is 34.1 Å². The van der Waals surface area contributed by atoms with E-state index in [9.17, 15) is 0 Å². The van der Waals surface area contributed by atoms with E-state index in [0.29, 0.717) is 12.1 Å². The Hall–Kier alpha value is -0.630. The highest BCUT2D eigenvalue weighted by atomic mass is 16.5. The van der Waals surface area contributed by atoms with Crippen molar-refractivity contribution >= 4 is 5.71 Å². The molecule has 0 aliphatic heterocycles. The minimum absolute atomic E-state index is 0.0162. The van der Waals surface area contributed by atoms with Crippen LogP contribution in [-0.4, -0.2) is 17.9 Å². The second-order valence-corrected chi connectivity index (χ2v) is 3.50. The van der Waals surface area contributed by atoms with Crippen molar-refractivity contribution < 1.29 is 4.74 Å². The van der Waals surface area contributed by atoms with Crippen LogP contribution in [0.25, 0.3) is 0 Å². The second kappa shape index (κ2) is 5.09. The van der Waals surface area contributed by atoms with E-state index in [1.807, 2.05) is 20.8 Å². The minimum Gasteiger partial charge on any atom is -0.371 e. The first-order valence-electron chi connectivity index (χ1n) is 4.28. The molecule has 0 amide bonds. The largest absolute Gasteiger partial charge is 0.371 e. The number of ether oxygens (including phenoxy) is 1. The van der Waals surface area contributed by atoms with Crippen molar-refractivity contribution in [3.05, 3.63) is 12.2 Å². The van der Waals surface area contributed by atoms with E-state index < -0.39 is 0 Å². The smallest absolute Gasteiger partial charge is 0.0834 e. The van der Waals surface area contributed by atoms with Crippen molar-refractivity contribution in [2.75, 3.05) is 0 Å². The van der Waals surface area contributed by atoms with Gasteiger partial charge in [0.25, 0.3) is 0 Å². The molecule has 2 heteroatoms. The lowest BCUT2D eigenvalue weighted by Crippen LogP contribution is -2.21. The Morgan fingerprint density at radius 3 is 2.17 bits per heavy atom. The molecule has 70 valence electrons. The third kappa shape index (κ3) is 5.08. The van der Waals surface area contributed by atoms with Crippen LogP contribution < -0.4 is 0 Å². The maximum Gasteiger partial charge on any atom is 0.0834 e. The molecule has 1 N–H and O–H groups in total. The van der Waals surface area contributed by atoms with Gasteiger partial charge in [-0.05, 0) is 27.7 Å². The Labute approximate surface area is 75.1 Å². The molecule has 2 nitrogen and oxygen atoms in total. The second-order valence-electron chi connectivity index (χ2n) is 3.50. The van der Waals surface area contributed by atoms with Crippen molar-refractivity contribution in [1.82, 2.24) is 0 Å². The van der Waals surface area contributed by atoms with Crippen molar-refractivity contribution in [3.63, 3.8) is 0 Å². The number of nitrogens with one attached hydrogen (secondary N) is 1. The molecule has 0 aliphatic rings. The number of rotatable bonds is 5. The molecule has 0 spiro atoms. The topological polar surface area (TPSA) is 33.1 Å². The molecule has 0 aromatic heterocycles. The lowest BCUT2D eigenvalue weighted by Gasteiger charge is -2.20. The van der Waals surface area contributed by atoms with Crippen molar-refractivity contribution in [2.24, 2.45) is 0 Å². The van der Waals surface area contributed by atoms with Gasteiger partial charge in [-0.1, -0.05) is 12.2 Å². The summed E-state index contributed by atoms with van der Waals surface area (Å²) in [5.41, 5.74) is 1.64. The minimum atomic E-state index is 0.0162. The molecule has 1 atom stereocenters. The molecule has 0 radical (unpaired) electrons. The summed E-state index contributed by atoms with van der Waals surface area (Å²) in [4.78, 5) is 0. The van der Waals surface area contributed by atoms with Gasteiger partial charge in [0, 0.05) is 12.1 Å². The van der Waals surface area contributed by atoms with Crippen molar-refractivity contribution in [3.8, 4) is 0 Å². The van der Waals surface area contributed by atoms with Gasteiger partial charge in [0.15, 0.2) is 0 Å². The van der Waals surface area contributed by atoms with Crippen LogP contribution in [0.4, 0.5) is 0 Å². The van der Waals surface area contributed by atoms with Gasteiger partial charge in [0.2, 0.25) is 0 Å². The van der Waals surface area contributed by atoms with E-state index in [2.05, 4.69) is 6.58 Å². The number of hydrogen-bond donors (Lipinski definition) is 1. The van der Waals surface area contributed by atoms with Crippen LogP contribution in [0.5, 0.6) is 0 Å². The summed E-state index contributed by atoms with van der Waals surface area (Å²) in [6.45, 7) is 11.6. The predicted octanol–water partition coefficient (Wildman–Crippen LogP) is 2.79. The summed E-state index contributed by atoms with van der Waals surface area (Å²) in [5.74, 6) is 0. The van der Waals surface area contributed by atoms with Crippen molar-refractivity contribution in [1.29, 1.82) is 5.41 Å². The maximum absolute atomic E-state index is 7.34. The monoisotopic (exact) mass is 169 g/mol. The van der Waals surface area contributed by atoms with Gasteiger partial charge in [0.05, 0.1) is 12.2 Å². The summed E-state index contributed by atoms with van der Waals surface area (Å²) < 4.78 is 5.58. The number of hydrogen-bond acceptors (Lipinski definition) is 2. The molecule has 0 rings (SSSR count). The van der Waals surface area contributed by atoms with E-state index in [1.54, 1.807) is 6.92 Å². The molecule has 1 unspecified atom stereocenters. The first-order chi connectivity index (χ1) is 5.43. The van der Waals surface area contributed by atoms with Crippen LogP contribution >= 0.6 is 0 Å². The fourth-order valence-electron chi connectivity index (χ4n) is 0.945. The van der Waals surface area contributed by atoms with Gasteiger partial charge < -0.3 is 10.1 Å². The molecule has 0 bridgehead atoms. The Bertz CT molecular complexity index is 173. The summed E-state index contributed by atoms with van der Waals surface area (Å²) in [7, 11) is 0. The average molecular weight is 169 g/mol. The summed E-state index contributed by atoms with van der Waals surface area (Å²) in [5, 5.41) is 7.34. The maximum atomic E-state index is 7.34. The third-order valence-electron chi connectivity index (χ3n) is 1.48. The van der Waals surface area contributed by atoms with Crippen molar-refractivity contribution in [2.45, 2.75) is 46.3 Å². The van der Waals surface area contributed by atoms with Gasteiger partial charge >= 0.3 is 0 Å². The van der Waals surface area contributed by atoms with E-state index in [-0.39, 0.29) is 12.2 Å². The Morgan fingerprint density at radius 1 is 1.42 bits per heavy atom. The molecule has 0 aliphatic carbocycles. The highest BCUT2D eigenvalue weighted by Gasteiger charge is 2.12. The fourth-order valence-corrected chi connectivity index (χ4v) is 0.945. The first kappa shape index (κ1) is 11.4. The zero-order chi connectivity index (χ0) is 9.72. The Kier molecular flexibility index (Phi) is 4.83. The molecular formula is C10H19NO. The lowest BCUT2D eigenvalue weighted by molar-refractivity contribution is 0.0333. The Morgan fingerprint density at radius 2 is 1.92 bits per heavy atom. The van der Waals surface area contributed by atoms with Gasteiger partial charge in [-0.15, -0.1) is 0 Å². The van der Waals surface area contributed by atoms with E-state index in [1.165, 1.54) is 0 Å². The van der Waals surface area contributed by atoms with Crippen LogP contribution in [0.2, 0.25) is 0 Å². The molecule has 12 heavy (non-hydrogen) atoms. The lowest BCUT2D eigenvalue weighted by atomic mass is 10.1. The quantitative estimate of drug-likeness (QED) is 0.498. The van der Waals surface area contributed by atoms with Gasteiger partial charge in [-0.2, -0.15) is 0 Å². The third-order valence-corrected chi connectivity index (χ3v) is 1.48. The summed E-state index contributed by atoms with van der Waals surface area (Å²) in [6.07, 6.45) is 0.876. The zero-order valence-electron chi connectivity index (χ0n) is 8.48. The molecule has 0 aromatic carbocycles. The van der Waals surface area contributed by atoms with Crippen LogP contribution in [0, 0.1) is 5.41 Å². The summed E-state index contributed by atoms with van der Waals surface area (Å²) in [6, 6.07) is 0. The van der Waals surface area contributed by atoms with Crippen LogP contribution in [-0.2, 0) is 4.74 Å². The highest BCUT2D eigenvalue weighted by molar-refractivity contribution is 5.79. The highest BCUT2D eigenvalue weighted by Crippen LogP contribution is 2.11. The molecule has 0 heterocycles. The van der Waals surface area contributed by atoms with E-state index in [4.69, 9.17) is 10.1 Å². The normalized spacial score (nSPS) is 13.1. The van der Waals surface area contributed by atoms with Crippen LogP contribution in [0.3, 0.4) is 0 Å². The summed E-state index contributed by atoms with van der Waals surface area (Å²) >= 11 is 0. The van der Waals surface area contributed by atoms with Gasteiger partial charge in [-0.3, -0.25) is 0 Å². The fraction of sp³-hybridized carbons (Fsp3) is 0.700. The van der Waals surface area contributed by atoms with E-state index >= 15 is 0 Å². The van der Waals surface area contributed by atoms with Crippen LogP contribution in [0.15, 0.2) is 12.2 Å². The standard InChI is InChI=1S/C10H19NO/c1-7(2)10(6-9(5)11)12-8(3)4/h8,10-11H,1,6H2,2-5H3. The SMILES string of the molecule is C=C(C)C(CC(C)=N)OC(C)C.